The number of carbonyl (C=O) groups excluding carboxylic acids is 1. The summed E-state index contributed by atoms with van der Waals surface area (Å²) in [7, 11) is -3.40. The van der Waals surface area contributed by atoms with Crippen LogP contribution < -0.4 is 10.0 Å². The third-order valence-electron chi connectivity index (χ3n) is 3.28. The molecule has 3 N–H and O–H groups in total. The molecule has 0 heterocycles. The van der Waals surface area contributed by atoms with E-state index in [1.54, 1.807) is 6.92 Å². The van der Waals surface area contributed by atoms with Crippen LogP contribution in [0, 0.1) is 0 Å². The molecule has 0 aromatic heterocycles. The van der Waals surface area contributed by atoms with E-state index in [2.05, 4.69) is 10.0 Å². The van der Waals surface area contributed by atoms with E-state index in [1.165, 1.54) is 6.92 Å². The van der Waals surface area contributed by atoms with E-state index in [4.69, 9.17) is 0 Å². The molecule has 0 aliphatic heterocycles. The van der Waals surface area contributed by atoms with E-state index in [1.807, 2.05) is 0 Å². The summed E-state index contributed by atoms with van der Waals surface area (Å²) in [6, 6.07) is -1.08. The molecule has 19 heavy (non-hydrogen) atoms. The Morgan fingerprint density at radius 3 is 2.58 bits per heavy atom. The van der Waals surface area contributed by atoms with Crippen LogP contribution in [0.15, 0.2) is 0 Å². The highest BCUT2D eigenvalue weighted by atomic mass is 32.2. The second kappa shape index (κ2) is 7.21. The molecule has 0 spiro atoms. The van der Waals surface area contributed by atoms with Crippen molar-refractivity contribution < 1.29 is 18.3 Å². The van der Waals surface area contributed by atoms with Crippen LogP contribution in [-0.4, -0.2) is 43.4 Å². The van der Waals surface area contributed by atoms with Gasteiger partial charge in [0.25, 0.3) is 0 Å². The molecule has 1 rings (SSSR count). The van der Waals surface area contributed by atoms with Gasteiger partial charge in [0.1, 0.15) is 0 Å². The fourth-order valence-electron chi connectivity index (χ4n) is 2.24. The van der Waals surface area contributed by atoms with Crippen molar-refractivity contribution in [3.63, 3.8) is 0 Å². The lowest BCUT2D eigenvalue weighted by Gasteiger charge is -2.29. The van der Waals surface area contributed by atoms with E-state index in [0.29, 0.717) is 12.8 Å². The maximum atomic E-state index is 11.9. The quantitative estimate of drug-likeness (QED) is 0.648. The zero-order chi connectivity index (χ0) is 14.5. The van der Waals surface area contributed by atoms with Crippen molar-refractivity contribution in [2.45, 2.75) is 64.1 Å². The lowest BCUT2D eigenvalue weighted by Crippen LogP contribution is -2.52. The SMILES string of the molecule is CCCS(=O)(=O)NC(C)C(=O)NC1CCCCC1O. The van der Waals surface area contributed by atoms with Crippen LogP contribution in [0.1, 0.15) is 46.0 Å². The first-order valence-corrected chi connectivity index (χ1v) is 8.49. The predicted molar refractivity (Wildman–Crippen MR) is 73.1 cm³/mol. The average molecular weight is 292 g/mol. The Balaban J connectivity index is 2.48. The van der Waals surface area contributed by atoms with E-state index in [-0.39, 0.29) is 17.7 Å². The predicted octanol–water partition coefficient (Wildman–Crippen LogP) is 0.124. The van der Waals surface area contributed by atoms with Crippen LogP contribution >= 0.6 is 0 Å². The molecule has 3 atom stereocenters. The maximum absolute atomic E-state index is 11.9. The Bertz CT molecular complexity index is 397. The minimum Gasteiger partial charge on any atom is -0.391 e. The minimum absolute atomic E-state index is 0.0106. The van der Waals surface area contributed by atoms with Gasteiger partial charge in [0.05, 0.1) is 23.9 Å². The van der Waals surface area contributed by atoms with Crippen molar-refractivity contribution in [3.05, 3.63) is 0 Å². The molecular formula is C12H24N2O4S. The molecular weight excluding hydrogens is 268 g/mol. The molecule has 3 unspecified atom stereocenters. The van der Waals surface area contributed by atoms with Crippen molar-refractivity contribution in [1.29, 1.82) is 0 Å². The van der Waals surface area contributed by atoms with E-state index in [9.17, 15) is 18.3 Å². The summed E-state index contributed by atoms with van der Waals surface area (Å²) in [6.07, 6.45) is 3.33. The number of rotatable bonds is 6. The molecule has 0 bridgehead atoms. The molecule has 1 aliphatic rings. The van der Waals surface area contributed by atoms with Crippen molar-refractivity contribution in [1.82, 2.24) is 10.0 Å². The zero-order valence-electron chi connectivity index (χ0n) is 11.6. The van der Waals surface area contributed by atoms with E-state index < -0.39 is 22.2 Å². The highest BCUT2D eigenvalue weighted by Crippen LogP contribution is 2.18. The summed E-state index contributed by atoms with van der Waals surface area (Å²) in [5, 5.41) is 12.5. The van der Waals surface area contributed by atoms with Gasteiger partial charge in [0.15, 0.2) is 0 Å². The van der Waals surface area contributed by atoms with Crippen molar-refractivity contribution >= 4 is 15.9 Å². The van der Waals surface area contributed by atoms with Crippen molar-refractivity contribution in [3.8, 4) is 0 Å². The molecule has 0 aromatic carbocycles. The highest BCUT2D eigenvalue weighted by molar-refractivity contribution is 7.89. The summed E-state index contributed by atoms with van der Waals surface area (Å²) in [6.45, 7) is 3.28. The number of aliphatic hydroxyl groups is 1. The smallest absolute Gasteiger partial charge is 0.238 e. The number of sulfonamides is 1. The van der Waals surface area contributed by atoms with Crippen LogP contribution in [-0.2, 0) is 14.8 Å². The van der Waals surface area contributed by atoms with Gasteiger partial charge in [-0.25, -0.2) is 13.1 Å². The van der Waals surface area contributed by atoms with E-state index in [0.717, 1.165) is 19.3 Å². The van der Waals surface area contributed by atoms with E-state index >= 15 is 0 Å². The van der Waals surface area contributed by atoms with Gasteiger partial charge in [-0.2, -0.15) is 0 Å². The average Bonchev–Trinajstić information content (AvgIpc) is 2.31. The number of hydrogen-bond acceptors (Lipinski definition) is 4. The summed E-state index contributed by atoms with van der Waals surface area (Å²) in [5.41, 5.74) is 0. The molecule has 0 saturated heterocycles. The molecule has 1 aliphatic carbocycles. The van der Waals surface area contributed by atoms with Crippen LogP contribution in [0.4, 0.5) is 0 Å². The Hall–Kier alpha value is -0.660. The number of aliphatic hydroxyl groups excluding tert-OH is 1. The van der Waals surface area contributed by atoms with Gasteiger partial charge < -0.3 is 10.4 Å². The monoisotopic (exact) mass is 292 g/mol. The molecule has 1 fully saturated rings. The second-order valence-corrected chi connectivity index (χ2v) is 7.00. The molecule has 0 aromatic rings. The largest absolute Gasteiger partial charge is 0.391 e. The Morgan fingerprint density at radius 2 is 2.00 bits per heavy atom. The van der Waals surface area contributed by atoms with Gasteiger partial charge in [0.2, 0.25) is 15.9 Å². The van der Waals surface area contributed by atoms with Crippen molar-refractivity contribution in [2.75, 3.05) is 5.75 Å². The first kappa shape index (κ1) is 16.4. The van der Waals surface area contributed by atoms with Gasteiger partial charge in [-0.3, -0.25) is 4.79 Å². The first-order valence-electron chi connectivity index (χ1n) is 6.84. The fourth-order valence-corrected chi connectivity index (χ4v) is 3.54. The number of nitrogens with one attached hydrogen (secondary N) is 2. The first-order chi connectivity index (χ1) is 8.85. The van der Waals surface area contributed by atoms with Crippen LogP contribution in [0.3, 0.4) is 0 Å². The third-order valence-corrected chi connectivity index (χ3v) is 4.94. The number of hydrogen-bond donors (Lipinski definition) is 3. The topological polar surface area (TPSA) is 95.5 Å². The molecule has 0 radical (unpaired) electrons. The summed E-state index contributed by atoms with van der Waals surface area (Å²) < 4.78 is 25.5. The second-order valence-electron chi connectivity index (χ2n) is 5.13. The molecule has 7 heteroatoms. The molecule has 6 nitrogen and oxygen atoms in total. The Kier molecular flexibility index (Phi) is 6.22. The number of carbonyl (C=O) groups is 1. The van der Waals surface area contributed by atoms with Gasteiger partial charge >= 0.3 is 0 Å². The van der Waals surface area contributed by atoms with Crippen LogP contribution in [0.2, 0.25) is 0 Å². The Labute approximate surface area is 115 Å². The minimum atomic E-state index is -3.40. The molecule has 1 saturated carbocycles. The van der Waals surface area contributed by atoms with Gasteiger partial charge in [-0.15, -0.1) is 0 Å². The van der Waals surface area contributed by atoms with Gasteiger partial charge in [-0.05, 0) is 26.2 Å². The fraction of sp³-hybridized carbons (Fsp3) is 0.917. The van der Waals surface area contributed by atoms with Gasteiger partial charge in [0, 0.05) is 0 Å². The third kappa shape index (κ3) is 5.46. The lowest BCUT2D eigenvalue weighted by molar-refractivity contribution is -0.124. The van der Waals surface area contributed by atoms with Crippen LogP contribution in [0.25, 0.3) is 0 Å². The van der Waals surface area contributed by atoms with Crippen LogP contribution in [0.5, 0.6) is 0 Å². The number of amides is 1. The highest BCUT2D eigenvalue weighted by Gasteiger charge is 2.27. The lowest BCUT2D eigenvalue weighted by atomic mass is 9.92. The summed E-state index contributed by atoms with van der Waals surface area (Å²) >= 11 is 0. The maximum Gasteiger partial charge on any atom is 0.238 e. The zero-order valence-corrected chi connectivity index (χ0v) is 12.4. The normalized spacial score (nSPS) is 25.8. The standard InChI is InChI=1S/C12H24N2O4S/c1-3-8-19(17,18)14-9(2)12(16)13-10-6-4-5-7-11(10)15/h9-11,14-15H,3-8H2,1-2H3,(H,13,16). The molecule has 112 valence electrons. The molecule has 1 amide bonds. The van der Waals surface area contributed by atoms with Crippen molar-refractivity contribution in [2.24, 2.45) is 0 Å². The van der Waals surface area contributed by atoms with Gasteiger partial charge in [-0.1, -0.05) is 19.8 Å². The Morgan fingerprint density at radius 1 is 1.37 bits per heavy atom. The summed E-state index contributed by atoms with van der Waals surface area (Å²) in [4.78, 5) is 11.9. The summed E-state index contributed by atoms with van der Waals surface area (Å²) in [5.74, 6) is -0.373.